The molecule has 16 heavy (non-hydrogen) atoms. The minimum atomic E-state index is -4.28. The van der Waals surface area contributed by atoms with E-state index < -0.39 is 31.4 Å². The summed E-state index contributed by atoms with van der Waals surface area (Å²) in [6.45, 7) is 0. The van der Waals surface area contributed by atoms with Crippen LogP contribution in [0.3, 0.4) is 0 Å². The van der Waals surface area contributed by atoms with E-state index in [9.17, 15) is 23.3 Å². The van der Waals surface area contributed by atoms with Crippen LogP contribution >= 0.6 is 0 Å². The summed E-state index contributed by atoms with van der Waals surface area (Å²) in [6, 6.07) is 2.69. The molecule has 86 valence electrons. The molecule has 9 heteroatoms. The Kier molecular flexibility index (Phi) is 2.92. The highest BCUT2D eigenvalue weighted by molar-refractivity contribution is 7.89. The van der Waals surface area contributed by atoms with Crippen molar-refractivity contribution in [1.82, 2.24) is 0 Å². The summed E-state index contributed by atoms with van der Waals surface area (Å²) in [5.74, 6) is -0.903. The number of amides is 1. The van der Waals surface area contributed by atoms with E-state index in [0.717, 1.165) is 18.2 Å². The zero-order valence-electron chi connectivity index (χ0n) is 7.78. The summed E-state index contributed by atoms with van der Waals surface area (Å²) in [4.78, 5) is 19.6. The van der Waals surface area contributed by atoms with Crippen LogP contribution in [0.15, 0.2) is 23.1 Å². The molecular weight excluding hydrogens is 238 g/mol. The Bertz CT molecular complexity index is 565. The first-order valence-electron chi connectivity index (χ1n) is 3.84. The standard InChI is InChI=1S/C7H7N3O5S/c8-7(11)4-1-2-5(10(12)13)6(3-4)16(9,14)15/h1-3H,(H2,8,11)(H2,9,14,15). The van der Waals surface area contributed by atoms with Crippen molar-refractivity contribution in [3.05, 3.63) is 33.9 Å². The summed E-state index contributed by atoms with van der Waals surface area (Å²) in [5.41, 5.74) is 4.03. The minimum absolute atomic E-state index is 0.172. The van der Waals surface area contributed by atoms with Gasteiger partial charge in [-0.25, -0.2) is 13.6 Å². The molecular formula is C7H7N3O5S. The van der Waals surface area contributed by atoms with Gasteiger partial charge in [0.1, 0.15) is 0 Å². The van der Waals surface area contributed by atoms with Gasteiger partial charge in [0.05, 0.1) is 4.92 Å². The van der Waals surface area contributed by atoms with E-state index in [2.05, 4.69) is 0 Å². The van der Waals surface area contributed by atoms with Crippen LogP contribution in [0.1, 0.15) is 10.4 Å². The van der Waals surface area contributed by atoms with Crippen LogP contribution < -0.4 is 10.9 Å². The van der Waals surface area contributed by atoms with Crippen LogP contribution in [0.4, 0.5) is 5.69 Å². The van der Waals surface area contributed by atoms with Crippen LogP contribution in [-0.4, -0.2) is 19.2 Å². The third-order valence-corrected chi connectivity index (χ3v) is 2.69. The summed E-state index contributed by atoms with van der Waals surface area (Å²) in [7, 11) is -4.28. The molecule has 0 atom stereocenters. The first kappa shape index (κ1) is 12.1. The van der Waals surface area contributed by atoms with Crippen LogP contribution in [0.25, 0.3) is 0 Å². The Morgan fingerprint density at radius 3 is 2.31 bits per heavy atom. The highest BCUT2D eigenvalue weighted by atomic mass is 32.2. The summed E-state index contributed by atoms with van der Waals surface area (Å²) in [5, 5.41) is 15.3. The van der Waals surface area contributed by atoms with E-state index in [4.69, 9.17) is 10.9 Å². The minimum Gasteiger partial charge on any atom is -0.366 e. The molecule has 0 aliphatic rings. The van der Waals surface area contributed by atoms with Crippen molar-refractivity contribution in [3.63, 3.8) is 0 Å². The van der Waals surface area contributed by atoms with Crippen molar-refractivity contribution in [2.45, 2.75) is 4.90 Å². The Hall–Kier alpha value is -2.00. The van der Waals surface area contributed by atoms with Crippen molar-refractivity contribution in [1.29, 1.82) is 0 Å². The number of hydrogen-bond acceptors (Lipinski definition) is 5. The zero-order valence-corrected chi connectivity index (χ0v) is 8.60. The Morgan fingerprint density at radius 1 is 1.38 bits per heavy atom. The maximum absolute atomic E-state index is 11.1. The molecule has 4 N–H and O–H groups in total. The SMILES string of the molecule is NC(=O)c1ccc([N+](=O)[O-])c(S(N)(=O)=O)c1. The molecule has 1 amide bonds. The molecule has 8 nitrogen and oxygen atoms in total. The van der Waals surface area contributed by atoms with Gasteiger partial charge in [-0.1, -0.05) is 0 Å². The number of primary amides is 1. The number of nitro groups is 1. The van der Waals surface area contributed by atoms with Gasteiger partial charge in [-0.15, -0.1) is 0 Å². The molecule has 0 aromatic heterocycles. The molecule has 0 spiro atoms. The quantitative estimate of drug-likeness (QED) is 0.536. The highest BCUT2D eigenvalue weighted by Gasteiger charge is 2.23. The van der Waals surface area contributed by atoms with Crippen LogP contribution in [-0.2, 0) is 10.0 Å². The van der Waals surface area contributed by atoms with Gasteiger partial charge in [0.2, 0.25) is 15.9 Å². The van der Waals surface area contributed by atoms with Crippen molar-refractivity contribution in [2.24, 2.45) is 10.9 Å². The number of rotatable bonds is 3. The van der Waals surface area contributed by atoms with E-state index in [1.165, 1.54) is 0 Å². The van der Waals surface area contributed by atoms with Crippen LogP contribution in [0.2, 0.25) is 0 Å². The first-order valence-corrected chi connectivity index (χ1v) is 5.39. The lowest BCUT2D eigenvalue weighted by molar-refractivity contribution is -0.387. The van der Waals surface area contributed by atoms with Crippen LogP contribution in [0, 0.1) is 10.1 Å². The largest absolute Gasteiger partial charge is 0.366 e. The normalized spacial score (nSPS) is 11.1. The van der Waals surface area contributed by atoms with Gasteiger partial charge in [0, 0.05) is 11.6 Å². The van der Waals surface area contributed by atoms with E-state index in [-0.39, 0.29) is 5.56 Å². The molecule has 0 saturated carbocycles. The second kappa shape index (κ2) is 3.87. The fraction of sp³-hybridized carbons (Fsp3) is 0. The second-order valence-electron chi connectivity index (χ2n) is 2.85. The number of benzene rings is 1. The molecule has 1 aromatic carbocycles. The number of sulfonamides is 1. The molecule has 0 unspecified atom stereocenters. The predicted molar refractivity (Wildman–Crippen MR) is 53.0 cm³/mol. The fourth-order valence-corrected chi connectivity index (χ4v) is 1.77. The molecule has 0 saturated heterocycles. The third kappa shape index (κ3) is 2.32. The van der Waals surface area contributed by atoms with Crippen molar-refractivity contribution in [2.75, 3.05) is 0 Å². The highest BCUT2D eigenvalue weighted by Crippen LogP contribution is 2.23. The first-order chi connectivity index (χ1) is 7.23. The number of nitrogens with two attached hydrogens (primary N) is 2. The number of carbonyl (C=O) groups excluding carboxylic acids is 1. The smallest absolute Gasteiger partial charge is 0.289 e. The molecule has 1 aromatic rings. The van der Waals surface area contributed by atoms with Gasteiger partial charge < -0.3 is 5.73 Å². The van der Waals surface area contributed by atoms with Crippen molar-refractivity contribution < 1.29 is 18.1 Å². The Morgan fingerprint density at radius 2 is 1.94 bits per heavy atom. The molecule has 0 fully saturated rings. The predicted octanol–water partition coefficient (Wildman–Crippen LogP) is -0.659. The summed E-state index contributed by atoms with van der Waals surface area (Å²) >= 11 is 0. The van der Waals surface area contributed by atoms with Gasteiger partial charge in [-0.2, -0.15) is 0 Å². The molecule has 0 bridgehead atoms. The molecule has 1 rings (SSSR count). The summed E-state index contributed by atoms with van der Waals surface area (Å²) in [6.07, 6.45) is 0. The van der Waals surface area contributed by atoms with Crippen LogP contribution in [0.5, 0.6) is 0 Å². The van der Waals surface area contributed by atoms with E-state index in [1.807, 2.05) is 0 Å². The monoisotopic (exact) mass is 245 g/mol. The third-order valence-electron chi connectivity index (χ3n) is 1.75. The maximum atomic E-state index is 11.1. The van der Waals surface area contributed by atoms with Gasteiger partial charge in [0.15, 0.2) is 4.90 Å². The van der Waals surface area contributed by atoms with Gasteiger partial charge in [0.25, 0.3) is 5.69 Å². The van der Waals surface area contributed by atoms with Gasteiger partial charge >= 0.3 is 0 Å². The van der Waals surface area contributed by atoms with Gasteiger partial charge in [-0.3, -0.25) is 14.9 Å². The number of primary sulfonamides is 1. The Balaban J connectivity index is 3.58. The number of hydrogen-bond donors (Lipinski definition) is 2. The maximum Gasteiger partial charge on any atom is 0.289 e. The van der Waals surface area contributed by atoms with Crippen molar-refractivity contribution in [3.8, 4) is 0 Å². The lowest BCUT2D eigenvalue weighted by Gasteiger charge is -2.02. The topological polar surface area (TPSA) is 146 Å². The fourth-order valence-electron chi connectivity index (χ4n) is 1.05. The van der Waals surface area contributed by atoms with Crippen molar-refractivity contribution >= 4 is 21.6 Å². The lowest BCUT2D eigenvalue weighted by atomic mass is 10.2. The average Bonchev–Trinajstić information content (AvgIpc) is 2.15. The van der Waals surface area contributed by atoms with E-state index >= 15 is 0 Å². The van der Waals surface area contributed by atoms with E-state index in [1.54, 1.807) is 0 Å². The summed E-state index contributed by atoms with van der Waals surface area (Å²) < 4.78 is 22.1. The van der Waals surface area contributed by atoms with E-state index in [0.29, 0.717) is 0 Å². The second-order valence-corrected chi connectivity index (χ2v) is 4.38. The zero-order chi connectivity index (χ0) is 12.5. The number of nitro benzene ring substituents is 1. The molecule has 0 radical (unpaired) electrons. The Labute approximate surface area is 90.1 Å². The molecule has 0 aliphatic heterocycles. The average molecular weight is 245 g/mol. The number of nitrogens with zero attached hydrogens (tertiary/aromatic N) is 1. The number of carbonyl (C=O) groups is 1. The molecule has 0 heterocycles. The molecule has 0 aliphatic carbocycles. The van der Waals surface area contributed by atoms with Gasteiger partial charge in [-0.05, 0) is 12.1 Å². The lowest BCUT2D eigenvalue weighted by Crippen LogP contribution is -2.17.